The first-order chi connectivity index (χ1) is 8.60. The lowest BCUT2D eigenvalue weighted by Gasteiger charge is -2.19. The van der Waals surface area contributed by atoms with Crippen molar-refractivity contribution in [1.29, 1.82) is 0 Å². The van der Waals surface area contributed by atoms with Crippen molar-refractivity contribution in [2.45, 2.75) is 41.0 Å². The Morgan fingerprint density at radius 3 is 2.26 bits per heavy atom. The molecule has 1 aromatic rings. The maximum absolute atomic E-state index is 11.9. The van der Waals surface area contributed by atoms with E-state index in [1.165, 1.54) is 0 Å². The van der Waals surface area contributed by atoms with E-state index in [-0.39, 0.29) is 16.9 Å². The zero-order valence-electron chi connectivity index (χ0n) is 12.1. The van der Waals surface area contributed by atoms with Crippen LogP contribution in [-0.4, -0.2) is 17.0 Å². The van der Waals surface area contributed by atoms with E-state index in [1.807, 2.05) is 33.8 Å². The molecule has 1 aromatic carbocycles. The van der Waals surface area contributed by atoms with Crippen LogP contribution in [0.4, 0.5) is 5.69 Å². The number of hydrogen-bond donors (Lipinski definition) is 2. The Hall–Kier alpha value is -1.84. The Labute approximate surface area is 113 Å². The number of benzene rings is 1. The predicted molar refractivity (Wildman–Crippen MR) is 75.6 cm³/mol. The first-order valence-corrected chi connectivity index (χ1v) is 6.24. The topological polar surface area (TPSA) is 66.4 Å². The van der Waals surface area contributed by atoms with Crippen molar-refractivity contribution in [3.63, 3.8) is 0 Å². The Morgan fingerprint density at radius 2 is 1.79 bits per heavy atom. The monoisotopic (exact) mass is 263 g/mol. The highest BCUT2D eigenvalue weighted by atomic mass is 16.4. The SMILES string of the molecule is Cc1cc(C)c(NC(=O)CC(C)(C)C)c(C(=O)O)c1. The summed E-state index contributed by atoms with van der Waals surface area (Å²) in [6.07, 6.45) is 0.347. The molecule has 0 bridgehead atoms. The summed E-state index contributed by atoms with van der Waals surface area (Å²) in [4.78, 5) is 23.2. The zero-order valence-corrected chi connectivity index (χ0v) is 12.1. The van der Waals surface area contributed by atoms with E-state index >= 15 is 0 Å². The smallest absolute Gasteiger partial charge is 0.337 e. The summed E-state index contributed by atoms with van der Waals surface area (Å²) in [6, 6.07) is 3.43. The van der Waals surface area contributed by atoms with Gasteiger partial charge in [0.15, 0.2) is 0 Å². The van der Waals surface area contributed by atoms with Crippen molar-refractivity contribution in [1.82, 2.24) is 0 Å². The molecule has 0 aliphatic rings. The number of carboxylic acids is 1. The molecule has 4 nitrogen and oxygen atoms in total. The van der Waals surface area contributed by atoms with Gasteiger partial charge in [-0.25, -0.2) is 4.79 Å². The highest BCUT2D eigenvalue weighted by Gasteiger charge is 2.19. The number of aryl methyl sites for hydroxylation is 2. The predicted octanol–water partition coefficient (Wildman–Crippen LogP) is 3.38. The molecule has 0 aliphatic heterocycles. The third-order valence-corrected chi connectivity index (χ3v) is 2.67. The molecule has 1 rings (SSSR count). The normalized spacial score (nSPS) is 11.2. The van der Waals surface area contributed by atoms with Crippen LogP contribution in [-0.2, 0) is 4.79 Å². The highest BCUT2D eigenvalue weighted by molar-refractivity contribution is 6.01. The number of anilines is 1. The van der Waals surface area contributed by atoms with Crippen molar-refractivity contribution < 1.29 is 14.7 Å². The van der Waals surface area contributed by atoms with Crippen LogP contribution in [0.3, 0.4) is 0 Å². The second kappa shape index (κ2) is 5.43. The van der Waals surface area contributed by atoms with E-state index in [2.05, 4.69) is 5.32 Å². The molecule has 0 atom stereocenters. The van der Waals surface area contributed by atoms with Crippen LogP contribution in [0.15, 0.2) is 12.1 Å². The molecule has 0 fully saturated rings. The van der Waals surface area contributed by atoms with Crippen LogP contribution in [0.25, 0.3) is 0 Å². The van der Waals surface area contributed by atoms with Crippen LogP contribution in [0.5, 0.6) is 0 Å². The summed E-state index contributed by atoms with van der Waals surface area (Å²) in [5.41, 5.74) is 2.03. The van der Waals surface area contributed by atoms with Crippen molar-refractivity contribution in [3.05, 3.63) is 28.8 Å². The number of carbonyl (C=O) groups excluding carboxylic acids is 1. The number of aromatic carboxylic acids is 1. The molecular formula is C15H21NO3. The fourth-order valence-electron chi connectivity index (χ4n) is 1.97. The fraction of sp³-hybridized carbons (Fsp3) is 0.467. The third kappa shape index (κ3) is 4.39. The van der Waals surface area contributed by atoms with Gasteiger partial charge in [0.05, 0.1) is 11.3 Å². The molecule has 0 unspecified atom stereocenters. The first-order valence-electron chi connectivity index (χ1n) is 6.24. The maximum Gasteiger partial charge on any atom is 0.337 e. The van der Waals surface area contributed by atoms with E-state index in [4.69, 9.17) is 0 Å². The van der Waals surface area contributed by atoms with Crippen LogP contribution in [0.2, 0.25) is 0 Å². The van der Waals surface area contributed by atoms with E-state index < -0.39 is 5.97 Å². The molecule has 104 valence electrons. The zero-order chi connectivity index (χ0) is 14.8. The van der Waals surface area contributed by atoms with Crippen LogP contribution in [0.1, 0.15) is 48.7 Å². The van der Waals surface area contributed by atoms with Gasteiger partial charge in [0.2, 0.25) is 5.91 Å². The summed E-state index contributed by atoms with van der Waals surface area (Å²) in [5, 5.41) is 11.9. The van der Waals surface area contributed by atoms with Crippen molar-refractivity contribution in [2.75, 3.05) is 5.32 Å². The first kappa shape index (κ1) is 15.2. The lowest BCUT2D eigenvalue weighted by molar-refractivity contribution is -0.117. The Kier molecular flexibility index (Phi) is 4.35. The molecule has 4 heteroatoms. The Bertz CT molecular complexity index is 513. The van der Waals surface area contributed by atoms with Crippen molar-refractivity contribution in [3.8, 4) is 0 Å². The van der Waals surface area contributed by atoms with Crippen molar-refractivity contribution in [2.24, 2.45) is 5.41 Å². The number of amides is 1. The Morgan fingerprint density at radius 1 is 1.21 bits per heavy atom. The average molecular weight is 263 g/mol. The minimum Gasteiger partial charge on any atom is -0.478 e. The number of hydrogen-bond acceptors (Lipinski definition) is 2. The second-order valence-corrected chi connectivity index (χ2v) is 6.10. The van der Waals surface area contributed by atoms with Gasteiger partial charge in [-0.05, 0) is 36.5 Å². The van der Waals surface area contributed by atoms with E-state index in [9.17, 15) is 14.7 Å². The van der Waals surface area contributed by atoms with Gasteiger partial charge in [0, 0.05) is 6.42 Å². The second-order valence-electron chi connectivity index (χ2n) is 6.10. The lowest BCUT2D eigenvalue weighted by Crippen LogP contribution is -2.21. The van der Waals surface area contributed by atoms with Crippen LogP contribution < -0.4 is 5.32 Å². The van der Waals surface area contributed by atoms with Crippen LogP contribution in [0, 0.1) is 19.3 Å². The van der Waals surface area contributed by atoms with Gasteiger partial charge in [0.1, 0.15) is 0 Å². The minimum absolute atomic E-state index is 0.133. The maximum atomic E-state index is 11.9. The largest absolute Gasteiger partial charge is 0.478 e. The van der Waals surface area contributed by atoms with Crippen LogP contribution >= 0.6 is 0 Å². The van der Waals surface area contributed by atoms with Gasteiger partial charge in [0.25, 0.3) is 0 Å². The number of nitrogens with one attached hydrogen (secondary N) is 1. The molecular weight excluding hydrogens is 242 g/mol. The summed E-state index contributed by atoms with van der Waals surface area (Å²) < 4.78 is 0. The van der Waals surface area contributed by atoms with Gasteiger partial charge >= 0.3 is 5.97 Å². The molecule has 2 N–H and O–H groups in total. The molecule has 19 heavy (non-hydrogen) atoms. The molecule has 1 amide bonds. The lowest BCUT2D eigenvalue weighted by atomic mass is 9.91. The fourth-order valence-corrected chi connectivity index (χ4v) is 1.97. The number of rotatable bonds is 3. The summed E-state index contributed by atoms with van der Waals surface area (Å²) >= 11 is 0. The molecule has 0 saturated heterocycles. The van der Waals surface area contributed by atoms with E-state index in [0.717, 1.165) is 11.1 Å². The number of carbonyl (C=O) groups is 2. The van der Waals surface area contributed by atoms with Gasteiger partial charge < -0.3 is 10.4 Å². The highest BCUT2D eigenvalue weighted by Crippen LogP contribution is 2.25. The standard InChI is InChI=1S/C15H21NO3/c1-9-6-10(2)13(11(7-9)14(18)19)16-12(17)8-15(3,4)5/h6-7H,8H2,1-5H3,(H,16,17)(H,18,19). The molecule has 0 saturated carbocycles. The molecule has 0 aliphatic carbocycles. The summed E-state index contributed by atoms with van der Waals surface area (Å²) in [5.74, 6) is -1.19. The average Bonchev–Trinajstić information content (AvgIpc) is 2.18. The summed E-state index contributed by atoms with van der Waals surface area (Å²) in [6.45, 7) is 9.53. The molecule has 0 heterocycles. The quantitative estimate of drug-likeness (QED) is 0.878. The Balaban J connectivity index is 3.07. The van der Waals surface area contributed by atoms with Gasteiger partial charge in [-0.3, -0.25) is 4.79 Å². The molecule has 0 radical (unpaired) electrons. The van der Waals surface area contributed by atoms with Crippen molar-refractivity contribution >= 4 is 17.6 Å². The minimum atomic E-state index is -1.03. The van der Waals surface area contributed by atoms with Gasteiger partial charge in [-0.1, -0.05) is 26.8 Å². The van der Waals surface area contributed by atoms with Gasteiger partial charge in [-0.2, -0.15) is 0 Å². The van der Waals surface area contributed by atoms with Gasteiger partial charge in [-0.15, -0.1) is 0 Å². The third-order valence-electron chi connectivity index (χ3n) is 2.67. The van der Waals surface area contributed by atoms with E-state index in [0.29, 0.717) is 12.1 Å². The summed E-state index contributed by atoms with van der Waals surface area (Å²) in [7, 11) is 0. The molecule has 0 spiro atoms. The molecule has 0 aromatic heterocycles. The number of carboxylic acid groups (broad SMARTS) is 1. The van der Waals surface area contributed by atoms with E-state index in [1.54, 1.807) is 13.0 Å².